The van der Waals surface area contributed by atoms with E-state index in [-0.39, 0.29) is 0 Å². The Bertz CT molecular complexity index is 560. The summed E-state index contributed by atoms with van der Waals surface area (Å²) in [5, 5.41) is 8.47. The molecule has 2 aromatic rings. The van der Waals surface area contributed by atoms with E-state index in [4.69, 9.17) is 0 Å². The maximum Gasteiger partial charge on any atom is 0.137 e. The van der Waals surface area contributed by atoms with Crippen molar-refractivity contribution in [3.63, 3.8) is 0 Å². The molecule has 1 aromatic carbocycles. The molecular formula is C16H19N3. The molecule has 2 saturated carbocycles. The van der Waals surface area contributed by atoms with Crippen LogP contribution < -0.4 is 0 Å². The third-order valence-corrected chi connectivity index (χ3v) is 4.98. The van der Waals surface area contributed by atoms with Crippen LogP contribution in [-0.4, -0.2) is 14.8 Å². The van der Waals surface area contributed by atoms with Crippen LogP contribution in [0.2, 0.25) is 0 Å². The second kappa shape index (κ2) is 4.48. The molecular weight excluding hydrogens is 234 g/mol. The number of hydrogen-bond donors (Lipinski definition) is 0. The molecule has 1 aromatic heterocycles. The minimum Gasteiger partial charge on any atom is -0.286 e. The summed E-state index contributed by atoms with van der Waals surface area (Å²) >= 11 is 0. The fourth-order valence-electron chi connectivity index (χ4n) is 4.06. The van der Waals surface area contributed by atoms with Crippen molar-refractivity contribution in [2.45, 2.75) is 32.1 Å². The average Bonchev–Trinajstić information content (AvgIpc) is 3.16. The van der Waals surface area contributed by atoms with Crippen LogP contribution in [0, 0.1) is 17.8 Å². The van der Waals surface area contributed by atoms with Crippen molar-refractivity contribution < 1.29 is 0 Å². The van der Waals surface area contributed by atoms with Gasteiger partial charge in [0.2, 0.25) is 0 Å². The van der Waals surface area contributed by atoms with Gasteiger partial charge in [-0.1, -0.05) is 24.6 Å². The summed E-state index contributed by atoms with van der Waals surface area (Å²) in [5.41, 5.74) is 1.17. The highest BCUT2D eigenvalue weighted by molar-refractivity contribution is 5.32. The van der Waals surface area contributed by atoms with Crippen molar-refractivity contribution in [3.05, 3.63) is 42.5 Å². The molecule has 3 nitrogen and oxygen atoms in total. The van der Waals surface area contributed by atoms with Crippen LogP contribution in [0.25, 0.3) is 5.69 Å². The molecule has 2 aliphatic rings. The number of hydrogen-bond acceptors (Lipinski definition) is 2. The predicted molar refractivity (Wildman–Crippen MR) is 74.0 cm³/mol. The van der Waals surface area contributed by atoms with Gasteiger partial charge >= 0.3 is 0 Å². The Morgan fingerprint density at radius 2 is 2.00 bits per heavy atom. The number of rotatable bonds is 3. The largest absolute Gasteiger partial charge is 0.286 e. The number of benzene rings is 1. The molecule has 0 amide bonds. The summed E-state index contributed by atoms with van der Waals surface area (Å²) in [5.74, 6) is 3.92. The van der Waals surface area contributed by atoms with Gasteiger partial charge in [0.15, 0.2) is 0 Å². The van der Waals surface area contributed by atoms with Crippen LogP contribution in [0.1, 0.15) is 31.5 Å². The molecule has 2 aliphatic carbocycles. The lowest BCUT2D eigenvalue weighted by atomic mass is 9.86. The Kier molecular flexibility index (Phi) is 2.64. The van der Waals surface area contributed by atoms with E-state index in [9.17, 15) is 0 Å². The number of fused-ring (bicyclic) bond motifs is 2. The molecule has 3 atom stereocenters. The van der Waals surface area contributed by atoms with Crippen LogP contribution in [0.15, 0.2) is 36.7 Å². The summed E-state index contributed by atoms with van der Waals surface area (Å²) in [4.78, 5) is 0. The molecule has 2 bridgehead atoms. The number of aromatic nitrogens is 3. The van der Waals surface area contributed by atoms with E-state index >= 15 is 0 Å². The zero-order valence-corrected chi connectivity index (χ0v) is 11.1. The van der Waals surface area contributed by atoms with Crippen LogP contribution >= 0.6 is 0 Å². The summed E-state index contributed by atoms with van der Waals surface area (Å²) in [6.45, 7) is 0. The Morgan fingerprint density at radius 3 is 2.74 bits per heavy atom. The van der Waals surface area contributed by atoms with Gasteiger partial charge in [0.25, 0.3) is 0 Å². The normalized spacial score (nSPS) is 28.9. The van der Waals surface area contributed by atoms with Gasteiger partial charge in [-0.2, -0.15) is 0 Å². The molecule has 0 radical (unpaired) electrons. The molecule has 98 valence electrons. The number of nitrogens with zero attached hydrogens (tertiary/aromatic N) is 3. The molecule has 4 rings (SSSR count). The summed E-state index contributed by atoms with van der Waals surface area (Å²) in [6.07, 6.45) is 8.71. The molecule has 3 heteroatoms. The summed E-state index contributed by atoms with van der Waals surface area (Å²) in [7, 11) is 0. The van der Waals surface area contributed by atoms with Gasteiger partial charge in [0.05, 0.1) is 0 Å². The maximum absolute atomic E-state index is 4.35. The average molecular weight is 253 g/mol. The SMILES string of the molecule is c1ccc(-n2cnnc2CC2CC3CCC2C3)cc1. The van der Waals surface area contributed by atoms with Crippen molar-refractivity contribution in [1.82, 2.24) is 14.8 Å². The van der Waals surface area contributed by atoms with E-state index in [0.29, 0.717) is 0 Å². The first kappa shape index (κ1) is 11.2. The first-order valence-corrected chi connectivity index (χ1v) is 7.34. The molecule has 0 aliphatic heterocycles. The van der Waals surface area contributed by atoms with Crippen molar-refractivity contribution in [1.29, 1.82) is 0 Å². The van der Waals surface area contributed by atoms with E-state index in [1.54, 1.807) is 0 Å². The van der Waals surface area contributed by atoms with Crippen LogP contribution in [-0.2, 0) is 6.42 Å². The second-order valence-corrected chi connectivity index (χ2v) is 6.09. The fourth-order valence-corrected chi connectivity index (χ4v) is 4.06. The lowest BCUT2D eigenvalue weighted by Gasteiger charge is -2.21. The highest BCUT2D eigenvalue weighted by atomic mass is 15.3. The van der Waals surface area contributed by atoms with Gasteiger partial charge in [-0.05, 0) is 49.1 Å². The first-order chi connectivity index (χ1) is 9.40. The van der Waals surface area contributed by atoms with Crippen LogP contribution in [0.4, 0.5) is 0 Å². The van der Waals surface area contributed by atoms with E-state index in [2.05, 4.69) is 39.0 Å². The smallest absolute Gasteiger partial charge is 0.137 e. The minimum absolute atomic E-state index is 0.838. The maximum atomic E-state index is 4.35. The first-order valence-electron chi connectivity index (χ1n) is 7.34. The zero-order chi connectivity index (χ0) is 12.7. The van der Waals surface area contributed by atoms with Gasteiger partial charge in [-0.25, -0.2) is 0 Å². The monoisotopic (exact) mass is 253 g/mol. The quantitative estimate of drug-likeness (QED) is 0.840. The predicted octanol–water partition coefficient (Wildman–Crippen LogP) is 3.25. The standard InChI is InChI=1S/C16H19N3/c1-2-4-15(5-3-1)19-11-17-18-16(19)10-14-9-12-6-7-13(14)8-12/h1-5,11-14H,6-10H2. The van der Waals surface area contributed by atoms with Crippen LogP contribution in [0.3, 0.4) is 0 Å². The molecule has 19 heavy (non-hydrogen) atoms. The van der Waals surface area contributed by atoms with Crippen LogP contribution in [0.5, 0.6) is 0 Å². The van der Waals surface area contributed by atoms with E-state index in [0.717, 1.165) is 30.0 Å². The topological polar surface area (TPSA) is 30.7 Å². The van der Waals surface area contributed by atoms with Gasteiger partial charge in [-0.3, -0.25) is 4.57 Å². The molecule has 2 fully saturated rings. The summed E-state index contributed by atoms with van der Waals surface area (Å²) < 4.78 is 2.14. The van der Waals surface area contributed by atoms with Gasteiger partial charge < -0.3 is 0 Å². The highest BCUT2D eigenvalue weighted by Crippen LogP contribution is 2.49. The lowest BCUT2D eigenvalue weighted by Crippen LogP contribution is -2.15. The highest BCUT2D eigenvalue weighted by Gasteiger charge is 2.39. The third kappa shape index (κ3) is 1.97. The van der Waals surface area contributed by atoms with E-state index in [1.807, 2.05) is 12.4 Å². The Balaban J connectivity index is 1.58. The molecule has 0 spiro atoms. The van der Waals surface area contributed by atoms with Gasteiger partial charge in [0, 0.05) is 12.1 Å². The minimum atomic E-state index is 0.838. The molecule has 0 saturated heterocycles. The zero-order valence-electron chi connectivity index (χ0n) is 11.1. The third-order valence-electron chi connectivity index (χ3n) is 4.98. The molecule has 1 heterocycles. The Morgan fingerprint density at radius 1 is 1.11 bits per heavy atom. The second-order valence-electron chi connectivity index (χ2n) is 6.09. The van der Waals surface area contributed by atoms with Gasteiger partial charge in [0.1, 0.15) is 12.2 Å². The van der Waals surface area contributed by atoms with Crippen molar-refractivity contribution in [3.8, 4) is 5.69 Å². The van der Waals surface area contributed by atoms with Crippen molar-refractivity contribution in [2.75, 3.05) is 0 Å². The van der Waals surface area contributed by atoms with Gasteiger partial charge in [-0.15, -0.1) is 10.2 Å². The summed E-state index contributed by atoms with van der Waals surface area (Å²) in [6, 6.07) is 10.4. The van der Waals surface area contributed by atoms with E-state index < -0.39 is 0 Å². The Labute approximate surface area is 113 Å². The Hall–Kier alpha value is -1.64. The molecule has 0 N–H and O–H groups in total. The lowest BCUT2D eigenvalue weighted by molar-refractivity contribution is 0.325. The van der Waals surface area contributed by atoms with Crippen molar-refractivity contribution in [2.24, 2.45) is 17.8 Å². The van der Waals surface area contributed by atoms with Crippen molar-refractivity contribution >= 4 is 0 Å². The number of para-hydroxylation sites is 1. The van der Waals surface area contributed by atoms with E-state index in [1.165, 1.54) is 31.4 Å². The fraction of sp³-hybridized carbons (Fsp3) is 0.500. The molecule has 3 unspecified atom stereocenters.